The molecule has 3 saturated heterocycles. The molecule has 5 heterocycles. The van der Waals surface area contributed by atoms with E-state index in [1.807, 2.05) is 17.9 Å². The Hall–Kier alpha value is -2.85. The second-order valence-corrected chi connectivity index (χ2v) is 8.50. The average Bonchev–Trinajstić information content (AvgIpc) is 3.51. The quantitative estimate of drug-likeness (QED) is 0.744. The summed E-state index contributed by atoms with van der Waals surface area (Å²) >= 11 is 0. The fraction of sp³-hybridized carbons (Fsp3) is 0.524. The fourth-order valence-electron chi connectivity index (χ4n) is 4.84. The summed E-state index contributed by atoms with van der Waals surface area (Å²) in [7, 11) is 0. The third-order valence-electron chi connectivity index (χ3n) is 6.54. The third-order valence-corrected chi connectivity index (χ3v) is 6.54. The average molecular weight is 428 g/mol. The minimum Gasteiger partial charge on any atom is -0.355 e. The number of likely N-dealkylation sites (tertiary alicyclic amines) is 2. The number of carbonyl (C=O) groups excluding carboxylic acids is 2. The number of carbonyl (C=O) groups is 2. The van der Waals surface area contributed by atoms with Crippen molar-refractivity contribution < 1.29 is 18.5 Å². The van der Waals surface area contributed by atoms with Gasteiger partial charge < -0.3 is 14.7 Å². The summed E-state index contributed by atoms with van der Waals surface area (Å²) in [5.41, 5.74) is 1.06. The molecule has 9 nitrogen and oxygen atoms in total. The molecule has 31 heavy (non-hydrogen) atoms. The molecule has 0 radical (unpaired) electrons. The monoisotopic (exact) mass is 428 g/mol. The molecule has 10 heteroatoms. The molecule has 3 aliphatic rings. The molecule has 0 saturated carbocycles. The number of halogens is 1. The number of nitrogens with one attached hydrogen (secondary N) is 2. The van der Waals surface area contributed by atoms with Gasteiger partial charge in [-0.05, 0) is 30.4 Å². The first-order chi connectivity index (χ1) is 15.0. The first-order valence-electron chi connectivity index (χ1n) is 10.6. The zero-order valence-corrected chi connectivity index (χ0v) is 17.2. The van der Waals surface area contributed by atoms with Gasteiger partial charge in [-0.15, -0.1) is 0 Å². The summed E-state index contributed by atoms with van der Waals surface area (Å²) in [6.07, 6.45) is 2.00. The van der Waals surface area contributed by atoms with Gasteiger partial charge in [0.1, 0.15) is 6.29 Å². The van der Waals surface area contributed by atoms with Gasteiger partial charge in [-0.25, -0.2) is 4.39 Å². The maximum atomic E-state index is 14.0. The molecule has 2 amide bonds. The summed E-state index contributed by atoms with van der Waals surface area (Å²) in [4.78, 5) is 32.9. The maximum absolute atomic E-state index is 14.0. The lowest BCUT2D eigenvalue weighted by atomic mass is 10.0. The smallest absolute Gasteiger partial charge is 0.276 e. The first kappa shape index (κ1) is 20.1. The molecule has 0 spiro atoms. The van der Waals surface area contributed by atoms with Crippen LogP contribution >= 0.6 is 0 Å². The molecule has 0 bridgehead atoms. The summed E-state index contributed by atoms with van der Waals surface area (Å²) < 4.78 is 19.3. The molecule has 5 unspecified atom stereocenters. The molecule has 3 aliphatic heterocycles. The molecular formula is C21H25FN6O3. The third kappa shape index (κ3) is 3.70. The Labute approximate surface area is 179 Å². The van der Waals surface area contributed by atoms with Gasteiger partial charge >= 0.3 is 0 Å². The summed E-state index contributed by atoms with van der Waals surface area (Å²) in [5, 5.41) is 9.89. The standard InChI is InChI=1S/C21H25FN6O3/c1-2-15-18(22)19(29)25-21(24-15)28-10-13-8-27(9-14(13)11-28)20(30)16-6-17(31-26-16)12-4-3-5-23-7-12/h3-7,13-15,18,21,24H,2,8-11H2,1H3,(H,25,29). The van der Waals surface area contributed by atoms with Gasteiger partial charge in [-0.3, -0.25) is 24.8 Å². The molecule has 2 aromatic rings. The number of alkyl halides is 1. The summed E-state index contributed by atoms with van der Waals surface area (Å²) in [6.45, 7) is 4.59. The number of nitrogens with zero attached hydrogens (tertiary/aromatic N) is 4. The lowest BCUT2D eigenvalue weighted by molar-refractivity contribution is -0.133. The van der Waals surface area contributed by atoms with E-state index >= 15 is 0 Å². The number of hydrogen-bond acceptors (Lipinski definition) is 7. The molecule has 5 atom stereocenters. The highest BCUT2D eigenvalue weighted by Crippen LogP contribution is 2.33. The van der Waals surface area contributed by atoms with Gasteiger partial charge in [0, 0.05) is 50.2 Å². The van der Waals surface area contributed by atoms with Crippen molar-refractivity contribution in [3.63, 3.8) is 0 Å². The minimum atomic E-state index is -1.52. The topological polar surface area (TPSA) is 104 Å². The van der Waals surface area contributed by atoms with Crippen LogP contribution in [0, 0.1) is 11.8 Å². The van der Waals surface area contributed by atoms with Crippen LogP contribution in [0.5, 0.6) is 0 Å². The van der Waals surface area contributed by atoms with Crippen molar-refractivity contribution in [3.8, 4) is 11.3 Å². The highest BCUT2D eigenvalue weighted by molar-refractivity contribution is 5.93. The van der Waals surface area contributed by atoms with E-state index in [1.165, 1.54) is 0 Å². The van der Waals surface area contributed by atoms with Crippen molar-refractivity contribution in [2.75, 3.05) is 26.2 Å². The number of hydrogen-bond donors (Lipinski definition) is 2. The van der Waals surface area contributed by atoms with Crippen molar-refractivity contribution in [1.29, 1.82) is 0 Å². The Bertz CT molecular complexity index is 955. The van der Waals surface area contributed by atoms with E-state index in [9.17, 15) is 14.0 Å². The van der Waals surface area contributed by atoms with E-state index in [2.05, 4.69) is 25.7 Å². The zero-order valence-electron chi connectivity index (χ0n) is 17.2. The van der Waals surface area contributed by atoms with Crippen molar-refractivity contribution in [3.05, 3.63) is 36.3 Å². The molecule has 2 N–H and O–H groups in total. The predicted molar refractivity (Wildman–Crippen MR) is 108 cm³/mol. The lowest BCUT2D eigenvalue weighted by Gasteiger charge is -2.38. The van der Waals surface area contributed by atoms with Gasteiger partial charge in [0.05, 0.1) is 6.04 Å². The van der Waals surface area contributed by atoms with Crippen LogP contribution in [0.1, 0.15) is 23.8 Å². The van der Waals surface area contributed by atoms with Crippen LogP contribution in [-0.4, -0.2) is 76.4 Å². The summed E-state index contributed by atoms with van der Waals surface area (Å²) in [6, 6.07) is 4.83. The first-order valence-corrected chi connectivity index (χ1v) is 10.6. The number of fused-ring (bicyclic) bond motifs is 1. The van der Waals surface area contributed by atoms with Gasteiger partial charge in [-0.1, -0.05) is 12.1 Å². The largest absolute Gasteiger partial charge is 0.355 e. The molecule has 3 fully saturated rings. The zero-order chi connectivity index (χ0) is 21.5. The van der Waals surface area contributed by atoms with Gasteiger partial charge in [0.15, 0.2) is 17.6 Å². The van der Waals surface area contributed by atoms with E-state index in [1.54, 1.807) is 24.5 Å². The van der Waals surface area contributed by atoms with Crippen molar-refractivity contribution in [2.24, 2.45) is 11.8 Å². The van der Waals surface area contributed by atoms with Crippen molar-refractivity contribution in [1.82, 2.24) is 30.6 Å². The molecule has 5 rings (SSSR count). The highest BCUT2D eigenvalue weighted by Gasteiger charge is 2.46. The Kier molecular flexibility index (Phi) is 5.19. The van der Waals surface area contributed by atoms with Crippen LogP contribution in [-0.2, 0) is 4.79 Å². The number of aromatic nitrogens is 2. The van der Waals surface area contributed by atoms with Crippen LogP contribution in [0.4, 0.5) is 4.39 Å². The summed E-state index contributed by atoms with van der Waals surface area (Å²) in [5.74, 6) is 0.416. The van der Waals surface area contributed by atoms with Gasteiger partial charge in [0.25, 0.3) is 11.8 Å². The van der Waals surface area contributed by atoms with Crippen LogP contribution < -0.4 is 10.6 Å². The van der Waals surface area contributed by atoms with E-state index in [0.29, 0.717) is 37.1 Å². The predicted octanol–water partition coefficient (Wildman–Crippen LogP) is 0.860. The minimum absolute atomic E-state index is 0.143. The molecular weight excluding hydrogens is 403 g/mol. The number of amides is 2. The molecule has 164 valence electrons. The number of pyridine rings is 1. The van der Waals surface area contributed by atoms with Gasteiger partial charge in [-0.2, -0.15) is 0 Å². The Morgan fingerprint density at radius 1 is 1.29 bits per heavy atom. The van der Waals surface area contributed by atoms with E-state index in [-0.39, 0.29) is 17.9 Å². The van der Waals surface area contributed by atoms with Crippen LogP contribution in [0.25, 0.3) is 11.3 Å². The van der Waals surface area contributed by atoms with E-state index in [0.717, 1.165) is 18.7 Å². The van der Waals surface area contributed by atoms with E-state index in [4.69, 9.17) is 4.52 Å². The van der Waals surface area contributed by atoms with Crippen molar-refractivity contribution in [2.45, 2.75) is 31.8 Å². The van der Waals surface area contributed by atoms with Gasteiger partial charge in [0.2, 0.25) is 0 Å². The fourth-order valence-corrected chi connectivity index (χ4v) is 4.84. The lowest BCUT2D eigenvalue weighted by Crippen LogP contribution is -2.67. The molecule has 2 aromatic heterocycles. The van der Waals surface area contributed by atoms with E-state index < -0.39 is 18.1 Å². The van der Waals surface area contributed by atoms with Crippen molar-refractivity contribution >= 4 is 11.8 Å². The normalized spacial score (nSPS) is 31.0. The Morgan fingerprint density at radius 3 is 2.74 bits per heavy atom. The molecule has 0 aliphatic carbocycles. The van der Waals surface area contributed by atoms with Crippen LogP contribution in [0.3, 0.4) is 0 Å². The molecule has 0 aromatic carbocycles. The van der Waals surface area contributed by atoms with Crippen LogP contribution in [0.2, 0.25) is 0 Å². The number of rotatable bonds is 4. The Balaban J connectivity index is 1.20. The SMILES string of the molecule is CCC1NC(N2CC3CN(C(=O)c4cc(-c5cccnc5)on4)CC3C2)NC(=O)C1F. The maximum Gasteiger partial charge on any atom is 0.276 e. The van der Waals surface area contributed by atoms with Crippen LogP contribution in [0.15, 0.2) is 35.1 Å². The highest BCUT2D eigenvalue weighted by atomic mass is 19.1. The second-order valence-electron chi connectivity index (χ2n) is 8.50. The second kappa shape index (κ2) is 8.01. The Morgan fingerprint density at radius 2 is 2.06 bits per heavy atom.